The molecule has 1 nitrogen and oxygen atoms in total. The summed E-state index contributed by atoms with van der Waals surface area (Å²) in [4.78, 5) is 2.42. The molecule has 0 aromatic carbocycles. The van der Waals surface area contributed by atoms with Crippen LogP contribution >= 0.6 is 0 Å². The highest BCUT2D eigenvalue weighted by atomic mass is 15.1. The van der Waals surface area contributed by atoms with Gasteiger partial charge in [0.25, 0.3) is 0 Å². The standard InChI is InChI=1S/C24H51N/c1-4-6-7-8-9-10-11-12-13-14-15-16-17-18-19-20-21-22-23-24-25(3)5-2/h4-24H2,1-3H3. The van der Waals surface area contributed by atoms with Crippen molar-refractivity contribution in [2.45, 2.75) is 136 Å². The van der Waals surface area contributed by atoms with Gasteiger partial charge >= 0.3 is 0 Å². The molecule has 0 rings (SSSR count). The first-order chi connectivity index (χ1) is 12.3. The van der Waals surface area contributed by atoms with Crippen LogP contribution in [-0.2, 0) is 0 Å². The van der Waals surface area contributed by atoms with Crippen molar-refractivity contribution < 1.29 is 0 Å². The predicted octanol–water partition coefficient (Wildman–Crippen LogP) is 8.37. The van der Waals surface area contributed by atoms with E-state index in [-0.39, 0.29) is 0 Å². The summed E-state index contributed by atoms with van der Waals surface area (Å²) in [6.07, 6.45) is 27.8. The van der Waals surface area contributed by atoms with Gasteiger partial charge in [0.15, 0.2) is 0 Å². The second-order valence-electron chi connectivity index (χ2n) is 8.26. The monoisotopic (exact) mass is 353 g/mol. The first-order valence-corrected chi connectivity index (χ1v) is 12.0. The Bertz CT molecular complexity index is 226. The van der Waals surface area contributed by atoms with Gasteiger partial charge in [0.2, 0.25) is 0 Å². The third-order valence-electron chi connectivity index (χ3n) is 5.68. The van der Waals surface area contributed by atoms with Crippen molar-refractivity contribution >= 4 is 0 Å². The molecule has 0 aromatic rings. The smallest absolute Gasteiger partial charge is 0.00219 e. The van der Waals surface area contributed by atoms with Crippen LogP contribution in [0.3, 0.4) is 0 Å². The Hall–Kier alpha value is -0.0400. The summed E-state index contributed by atoms with van der Waals surface area (Å²) in [7, 11) is 2.23. The van der Waals surface area contributed by atoms with E-state index in [4.69, 9.17) is 0 Å². The Morgan fingerprint density at radius 1 is 0.400 bits per heavy atom. The van der Waals surface area contributed by atoms with Gasteiger partial charge in [-0.15, -0.1) is 0 Å². The maximum Gasteiger partial charge on any atom is -0.00219 e. The van der Waals surface area contributed by atoms with Crippen LogP contribution in [0.5, 0.6) is 0 Å². The molecule has 0 aliphatic rings. The van der Waals surface area contributed by atoms with E-state index in [0.717, 1.165) is 0 Å². The lowest BCUT2D eigenvalue weighted by Crippen LogP contribution is -2.18. The van der Waals surface area contributed by atoms with Crippen LogP contribution in [0.2, 0.25) is 0 Å². The summed E-state index contributed by atoms with van der Waals surface area (Å²) in [6.45, 7) is 7.03. The molecule has 25 heavy (non-hydrogen) atoms. The summed E-state index contributed by atoms with van der Waals surface area (Å²) in [5.74, 6) is 0. The molecule has 0 aliphatic heterocycles. The van der Waals surface area contributed by atoms with Crippen molar-refractivity contribution in [2.24, 2.45) is 0 Å². The van der Waals surface area contributed by atoms with Gasteiger partial charge in [-0.1, -0.05) is 129 Å². The van der Waals surface area contributed by atoms with Gasteiger partial charge in [0.05, 0.1) is 0 Å². The molecule has 0 aliphatic carbocycles. The quantitative estimate of drug-likeness (QED) is 0.187. The molecule has 0 saturated heterocycles. The molecule has 152 valence electrons. The van der Waals surface area contributed by atoms with Crippen LogP contribution < -0.4 is 0 Å². The molecule has 0 fully saturated rings. The molecule has 0 amide bonds. The molecule has 0 spiro atoms. The van der Waals surface area contributed by atoms with Crippen molar-refractivity contribution in [2.75, 3.05) is 20.1 Å². The van der Waals surface area contributed by atoms with Crippen LogP contribution in [0.1, 0.15) is 136 Å². The van der Waals surface area contributed by atoms with Crippen molar-refractivity contribution in [1.29, 1.82) is 0 Å². The maximum absolute atomic E-state index is 2.42. The highest BCUT2D eigenvalue weighted by Crippen LogP contribution is 2.14. The summed E-state index contributed by atoms with van der Waals surface area (Å²) >= 11 is 0. The first-order valence-electron chi connectivity index (χ1n) is 12.0. The minimum absolute atomic E-state index is 1.19. The van der Waals surface area contributed by atoms with Crippen LogP contribution in [0.25, 0.3) is 0 Å². The summed E-state index contributed by atoms with van der Waals surface area (Å²) < 4.78 is 0. The molecular weight excluding hydrogens is 302 g/mol. The second kappa shape index (κ2) is 22.0. The van der Waals surface area contributed by atoms with Crippen molar-refractivity contribution in [1.82, 2.24) is 4.90 Å². The largest absolute Gasteiger partial charge is 0.307 e. The Morgan fingerprint density at radius 3 is 0.960 bits per heavy atom. The van der Waals surface area contributed by atoms with Crippen molar-refractivity contribution in [3.63, 3.8) is 0 Å². The van der Waals surface area contributed by atoms with E-state index in [1.165, 1.54) is 135 Å². The molecule has 0 aromatic heterocycles. The van der Waals surface area contributed by atoms with Crippen LogP contribution in [0.15, 0.2) is 0 Å². The van der Waals surface area contributed by atoms with Gasteiger partial charge in [-0.05, 0) is 26.6 Å². The molecule has 0 radical (unpaired) electrons. The van der Waals surface area contributed by atoms with Gasteiger partial charge in [-0.2, -0.15) is 0 Å². The lowest BCUT2D eigenvalue weighted by atomic mass is 10.0. The molecule has 0 N–H and O–H groups in total. The van der Waals surface area contributed by atoms with Crippen LogP contribution in [-0.4, -0.2) is 25.0 Å². The van der Waals surface area contributed by atoms with E-state index in [1.807, 2.05) is 0 Å². The fraction of sp³-hybridized carbons (Fsp3) is 1.00. The fourth-order valence-corrected chi connectivity index (χ4v) is 3.62. The van der Waals surface area contributed by atoms with E-state index >= 15 is 0 Å². The molecule has 0 saturated carbocycles. The zero-order valence-corrected chi connectivity index (χ0v) is 18.3. The predicted molar refractivity (Wildman–Crippen MR) is 117 cm³/mol. The van der Waals surface area contributed by atoms with Crippen molar-refractivity contribution in [3.05, 3.63) is 0 Å². The lowest BCUT2D eigenvalue weighted by molar-refractivity contribution is 0.340. The van der Waals surface area contributed by atoms with Gasteiger partial charge in [-0.3, -0.25) is 0 Å². The normalized spacial score (nSPS) is 11.5. The van der Waals surface area contributed by atoms with E-state index in [2.05, 4.69) is 25.8 Å². The minimum Gasteiger partial charge on any atom is -0.307 e. The number of hydrogen-bond donors (Lipinski definition) is 0. The van der Waals surface area contributed by atoms with Gasteiger partial charge < -0.3 is 4.90 Å². The third-order valence-corrected chi connectivity index (χ3v) is 5.68. The Balaban J connectivity index is 2.98. The van der Waals surface area contributed by atoms with Gasteiger partial charge in [-0.25, -0.2) is 0 Å². The number of unbranched alkanes of at least 4 members (excludes halogenated alkanes) is 18. The molecular formula is C24H51N. The Kier molecular flexibility index (Phi) is 22.0. The molecule has 0 atom stereocenters. The maximum atomic E-state index is 2.42. The number of hydrogen-bond acceptors (Lipinski definition) is 1. The van der Waals surface area contributed by atoms with Crippen molar-refractivity contribution in [3.8, 4) is 0 Å². The third kappa shape index (κ3) is 21.9. The van der Waals surface area contributed by atoms with E-state index in [1.54, 1.807) is 0 Å². The highest BCUT2D eigenvalue weighted by molar-refractivity contribution is 4.52. The summed E-state index contributed by atoms with van der Waals surface area (Å²) in [6, 6.07) is 0. The first kappa shape index (κ1) is 25.0. The Labute approximate surface area is 161 Å². The lowest BCUT2D eigenvalue weighted by Gasteiger charge is -2.12. The molecule has 0 unspecified atom stereocenters. The minimum atomic E-state index is 1.19. The average molecular weight is 354 g/mol. The zero-order valence-electron chi connectivity index (χ0n) is 18.3. The highest BCUT2D eigenvalue weighted by Gasteiger charge is 1.96. The van der Waals surface area contributed by atoms with E-state index < -0.39 is 0 Å². The Morgan fingerprint density at radius 2 is 0.680 bits per heavy atom. The summed E-state index contributed by atoms with van der Waals surface area (Å²) in [5.41, 5.74) is 0. The molecule has 0 heterocycles. The number of nitrogens with zero attached hydrogens (tertiary/aromatic N) is 1. The summed E-state index contributed by atoms with van der Waals surface area (Å²) in [5, 5.41) is 0. The second-order valence-corrected chi connectivity index (χ2v) is 8.26. The van der Waals surface area contributed by atoms with Crippen LogP contribution in [0, 0.1) is 0 Å². The van der Waals surface area contributed by atoms with E-state index in [0.29, 0.717) is 0 Å². The fourth-order valence-electron chi connectivity index (χ4n) is 3.62. The van der Waals surface area contributed by atoms with E-state index in [9.17, 15) is 0 Å². The molecule has 0 bridgehead atoms. The molecule has 1 heteroatoms. The number of rotatable bonds is 21. The zero-order chi connectivity index (χ0) is 18.4. The SMILES string of the molecule is CCCCCCCCCCCCCCCCCCCCCN(C)CC. The average Bonchev–Trinajstić information content (AvgIpc) is 2.63. The van der Waals surface area contributed by atoms with Gasteiger partial charge in [0, 0.05) is 0 Å². The van der Waals surface area contributed by atoms with Crippen LogP contribution in [0.4, 0.5) is 0 Å². The topological polar surface area (TPSA) is 3.24 Å². The van der Waals surface area contributed by atoms with Gasteiger partial charge in [0.1, 0.15) is 0 Å².